The Morgan fingerprint density at radius 2 is 2.14 bits per heavy atom. The SMILES string of the molecule is CCC1(C)CN(Cc2ccon2)C(c2ccccc2)CN1. The minimum absolute atomic E-state index is 0.162. The molecule has 1 aromatic carbocycles. The van der Waals surface area contributed by atoms with Gasteiger partial charge in [-0.15, -0.1) is 0 Å². The third-order valence-electron chi connectivity index (χ3n) is 4.54. The lowest BCUT2D eigenvalue weighted by molar-refractivity contribution is 0.0752. The Balaban J connectivity index is 1.84. The summed E-state index contributed by atoms with van der Waals surface area (Å²) in [5.74, 6) is 0. The van der Waals surface area contributed by atoms with Gasteiger partial charge in [-0.05, 0) is 18.9 Å². The maximum atomic E-state index is 4.98. The molecule has 112 valence electrons. The predicted molar refractivity (Wildman–Crippen MR) is 82.8 cm³/mol. The monoisotopic (exact) mass is 285 g/mol. The average molecular weight is 285 g/mol. The van der Waals surface area contributed by atoms with Crippen LogP contribution in [0.1, 0.15) is 37.6 Å². The van der Waals surface area contributed by atoms with Crippen molar-refractivity contribution in [1.82, 2.24) is 15.4 Å². The molecule has 2 heterocycles. The van der Waals surface area contributed by atoms with Gasteiger partial charge in [-0.25, -0.2) is 0 Å². The second-order valence-electron chi connectivity index (χ2n) is 6.12. The fraction of sp³-hybridized carbons (Fsp3) is 0.471. The van der Waals surface area contributed by atoms with E-state index in [1.54, 1.807) is 6.26 Å². The Kier molecular flexibility index (Phi) is 4.08. The van der Waals surface area contributed by atoms with Gasteiger partial charge in [-0.1, -0.05) is 42.4 Å². The first-order valence-electron chi connectivity index (χ1n) is 7.63. The van der Waals surface area contributed by atoms with Gasteiger partial charge in [-0.2, -0.15) is 0 Å². The second-order valence-corrected chi connectivity index (χ2v) is 6.12. The van der Waals surface area contributed by atoms with Crippen LogP contribution in [0.25, 0.3) is 0 Å². The van der Waals surface area contributed by atoms with E-state index in [4.69, 9.17) is 4.52 Å². The minimum Gasteiger partial charge on any atom is -0.364 e. The van der Waals surface area contributed by atoms with Crippen molar-refractivity contribution in [3.8, 4) is 0 Å². The van der Waals surface area contributed by atoms with E-state index >= 15 is 0 Å². The third kappa shape index (κ3) is 3.17. The molecule has 2 unspecified atom stereocenters. The van der Waals surface area contributed by atoms with Crippen molar-refractivity contribution in [1.29, 1.82) is 0 Å². The summed E-state index contributed by atoms with van der Waals surface area (Å²) in [4.78, 5) is 2.51. The number of hydrogen-bond acceptors (Lipinski definition) is 4. The van der Waals surface area contributed by atoms with Gasteiger partial charge < -0.3 is 9.84 Å². The van der Waals surface area contributed by atoms with Gasteiger partial charge in [0.2, 0.25) is 0 Å². The number of benzene rings is 1. The van der Waals surface area contributed by atoms with Crippen LogP contribution in [-0.4, -0.2) is 28.7 Å². The number of hydrogen-bond donors (Lipinski definition) is 1. The largest absolute Gasteiger partial charge is 0.364 e. The number of piperazine rings is 1. The molecular formula is C17H23N3O. The van der Waals surface area contributed by atoms with Crippen molar-refractivity contribution >= 4 is 0 Å². The van der Waals surface area contributed by atoms with Gasteiger partial charge in [-0.3, -0.25) is 4.90 Å². The zero-order valence-electron chi connectivity index (χ0n) is 12.7. The Labute approximate surface area is 126 Å². The molecule has 4 heteroatoms. The summed E-state index contributed by atoms with van der Waals surface area (Å²) in [6.45, 7) is 7.34. The minimum atomic E-state index is 0.162. The average Bonchev–Trinajstić information content (AvgIpc) is 3.01. The van der Waals surface area contributed by atoms with E-state index < -0.39 is 0 Å². The molecule has 1 aliphatic heterocycles. The Morgan fingerprint density at radius 1 is 1.33 bits per heavy atom. The highest BCUT2D eigenvalue weighted by Crippen LogP contribution is 2.29. The molecule has 0 saturated carbocycles. The lowest BCUT2D eigenvalue weighted by atomic mass is 9.91. The van der Waals surface area contributed by atoms with Gasteiger partial charge in [0.15, 0.2) is 0 Å². The van der Waals surface area contributed by atoms with Crippen LogP contribution in [0.2, 0.25) is 0 Å². The summed E-state index contributed by atoms with van der Waals surface area (Å²) in [6.07, 6.45) is 2.76. The molecule has 0 aliphatic carbocycles. The number of rotatable bonds is 4. The van der Waals surface area contributed by atoms with Crippen LogP contribution in [0.5, 0.6) is 0 Å². The highest BCUT2D eigenvalue weighted by Gasteiger charge is 2.35. The van der Waals surface area contributed by atoms with E-state index in [-0.39, 0.29) is 5.54 Å². The fourth-order valence-electron chi connectivity index (χ4n) is 3.02. The first-order valence-corrected chi connectivity index (χ1v) is 7.63. The van der Waals surface area contributed by atoms with Gasteiger partial charge in [0, 0.05) is 37.3 Å². The van der Waals surface area contributed by atoms with Crippen LogP contribution in [0.3, 0.4) is 0 Å². The summed E-state index contributed by atoms with van der Waals surface area (Å²) in [7, 11) is 0. The number of aromatic nitrogens is 1. The first kappa shape index (κ1) is 14.3. The molecule has 0 radical (unpaired) electrons. The van der Waals surface area contributed by atoms with E-state index in [1.807, 2.05) is 6.07 Å². The lowest BCUT2D eigenvalue weighted by Crippen LogP contribution is -2.59. The smallest absolute Gasteiger partial charge is 0.124 e. The summed E-state index contributed by atoms with van der Waals surface area (Å²) >= 11 is 0. The van der Waals surface area contributed by atoms with Crippen molar-refractivity contribution in [2.75, 3.05) is 13.1 Å². The van der Waals surface area contributed by atoms with E-state index in [9.17, 15) is 0 Å². The molecule has 21 heavy (non-hydrogen) atoms. The summed E-state index contributed by atoms with van der Waals surface area (Å²) < 4.78 is 4.98. The highest BCUT2D eigenvalue weighted by molar-refractivity contribution is 5.21. The second kappa shape index (κ2) is 6.00. The summed E-state index contributed by atoms with van der Waals surface area (Å²) in [5.41, 5.74) is 2.51. The fourth-order valence-corrected chi connectivity index (χ4v) is 3.02. The quantitative estimate of drug-likeness (QED) is 0.937. The third-order valence-corrected chi connectivity index (χ3v) is 4.54. The van der Waals surface area contributed by atoms with Crippen LogP contribution in [0.4, 0.5) is 0 Å². The molecule has 1 fully saturated rings. The van der Waals surface area contributed by atoms with Gasteiger partial charge in [0.05, 0.1) is 5.69 Å². The van der Waals surface area contributed by atoms with E-state index in [0.717, 1.165) is 31.7 Å². The van der Waals surface area contributed by atoms with Crippen molar-refractivity contribution < 1.29 is 4.52 Å². The molecule has 0 spiro atoms. The normalized spacial score (nSPS) is 26.9. The molecule has 2 atom stereocenters. The first-order chi connectivity index (χ1) is 10.2. The highest BCUT2D eigenvalue weighted by atomic mass is 16.5. The van der Waals surface area contributed by atoms with E-state index in [1.165, 1.54) is 5.56 Å². The topological polar surface area (TPSA) is 41.3 Å². The molecule has 3 rings (SSSR count). The zero-order chi connectivity index (χ0) is 14.7. The summed E-state index contributed by atoms with van der Waals surface area (Å²) in [6, 6.07) is 13.0. The van der Waals surface area contributed by atoms with Crippen LogP contribution < -0.4 is 5.32 Å². The Morgan fingerprint density at radius 3 is 2.81 bits per heavy atom. The number of nitrogens with one attached hydrogen (secondary N) is 1. The molecule has 2 aromatic rings. The standard InChI is InChI=1S/C17H23N3O/c1-3-17(2)13-20(12-15-9-10-21-19-15)16(11-18-17)14-7-5-4-6-8-14/h4-10,16,18H,3,11-13H2,1-2H3. The van der Waals surface area contributed by atoms with Gasteiger partial charge >= 0.3 is 0 Å². The predicted octanol–water partition coefficient (Wildman–Crippen LogP) is 2.99. The molecule has 1 saturated heterocycles. The molecule has 1 aromatic heterocycles. The maximum Gasteiger partial charge on any atom is 0.124 e. The number of nitrogens with zero attached hydrogens (tertiary/aromatic N) is 2. The summed E-state index contributed by atoms with van der Waals surface area (Å²) in [5, 5.41) is 7.79. The van der Waals surface area contributed by atoms with Crippen molar-refractivity contribution in [3.63, 3.8) is 0 Å². The van der Waals surface area contributed by atoms with E-state index in [2.05, 4.69) is 59.6 Å². The van der Waals surface area contributed by atoms with Crippen LogP contribution in [0, 0.1) is 0 Å². The van der Waals surface area contributed by atoms with Crippen LogP contribution in [-0.2, 0) is 6.54 Å². The molecule has 0 amide bonds. The van der Waals surface area contributed by atoms with Crippen molar-refractivity contribution in [2.45, 2.75) is 38.4 Å². The van der Waals surface area contributed by atoms with Crippen LogP contribution >= 0.6 is 0 Å². The van der Waals surface area contributed by atoms with Gasteiger partial charge in [0.25, 0.3) is 0 Å². The van der Waals surface area contributed by atoms with Crippen molar-refractivity contribution in [3.05, 3.63) is 53.9 Å². The lowest BCUT2D eigenvalue weighted by Gasteiger charge is -2.46. The molecule has 1 N–H and O–H groups in total. The molecule has 1 aliphatic rings. The van der Waals surface area contributed by atoms with E-state index in [0.29, 0.717) is 6.04 Å². The Hall–Kier alpha value is -1.65. The molecular weight excluding hydrogens is 262 g/mol. The maximum absolute atomic E-state index is 4.98. The molecule has 4 nitrogen and oxygen atoms in total. The van der Waals surface area contributed by atoms with Crippen molar-refractivity contribution in [2.24, 2.45) is 0 Å². The van der Waals surface area contributed by atoms with Gasteiger partial charge in [0.1, 0.15) is 6.26 Å². The van der Waals surface area contributed by atoms with Crippen LogP contribution in [0.15, 0.2) is 47.2 Å². The molecule has 0 bridgehead atoms. The Bertz CT molecular complexity index is 555. The zero-order valence-corrected chi connectivity index (χ0v) is 12.7.